The van der Waals surface area contributed by atoms with Crippen molar-refractivity contribution in [3.8, 4) is 11.4 Å². The summed E-state index contributed by atoms with van der Waals surface area (Å²) in [5.74, 6) is 0.894. The van der Waals surface area contributed by atoms with Crippen molar-refractivity contribution < 1.29 is 9.32 Å². The fourth-order valence-electron chi connectivity index (χ4n) is 2.80. The second-order valence-electron chi connectivity index (χ2n) is 6.01. The van der Waals surface area contributed by atoms with E-state index < -0.39 is 0 Å². The van der Waals surface area contributed by atoms with Crippen LogP contribution in [0, 0.1) is 0 Å². The van der Waals surface area contributed by atoms with Crippen LogP contribution in [0.15, 0.2) is 29.0 Å². The van der Waals surface area contributed by atoms with Crippen molar-refractivity contribution >= 4 is 5.91 Å². The number of hydrogen-bond donors (Lipinski definition) is 2. The summed E-state index contributed by atoms with van der Waals surface area (Å²) in [5.41, 5.74) is 7.03. The molecule has 0 saturated carbocycles. The maximum Gasteiger partial charge on any atom is 0.246 e. The fourth-order valence-corrected chi connectivity index (χ4v) is 2.80. The molecule has 0 aliphatic carbocycles. The van der Waals surface area contributed by atoms with Crippen molar-refractivity contribution in [2.75, 3.05) is 7.05 Å². The molecular weight excluding hydrogens is 308 g/mol. The average Bonchev–Trinajstić information content (AvgIpc) is 3.25. The Hall–Kier alpha value is -2.32. The number of carbonyl (C=O) groups is 1. The van der Waals surface area contributed by atoms with Crippen molar-refractivity contribution in [2.45, 2.75) is 44.8 Å². The second kappa shape index (κ2) is 7.50. The highest BCUT2D eigenvalue weighted by molar-refractivity contribution is 5.81. The van der Waals surface area contributed by atoms with Crippen molar-refractivity contribution in [1.29, 1.82) is 0 Å². The smallest absolute Gasteiger partial charge is 0.246 e. The van der Waals surface area contributed by atoms with E-state index in [0.29, 0.717) is 17.8 Å². The van der Waals surface area contributed by atoms with Crippen LogP contribution in [-0.4, -0.2) is 45.1 Å². The van der Waals surface area contributed by atoms with Crippen LogP contribution in [-0.2, 0) is 11.3 Å². The molecule has 2 N–H and O–H groups in total. The van der Waals surface area contributed by atoms with Crippen LogP contribution in [0.3, 0.4) is 0 Å². The lowest BCUT2D eigenvalue weighted by Gasteiger charge is -2.18. The monoisotopic (exact) mass is 330 g/mol. The van der Waals surface area contributed by atoms with E-state index in [0.717, 1.165) is 24.8 Å². The van der Waals surface area contributed by atoms with Gasteiger partial charge in [0.1, 0.15) is 6.04 Å². The molecule has 8 nitrogen and oxygen atoms in total. The van der Waals surface area contributed by atoms with E-state index >= 15 is 0 Å². The van der Waals surface area contributed by atoms with Gasteiger partial charge in [-0.1, -0.05) is 18.5 Å². The van der Waals surface area contributed by atoms with Gasteiger partial charge in [0.15, 0.2) is 0 Å². The summed E-state index contributed by atoms with van der Waals surface area (Å²) in [4.78, 5) is 22.5. The molecule has 0 aromatic carbocycles. The van der Waals surface area contributed by atoms with Crippen LogP contribution in [0.1, 0.15) is 32.1 Å². The van der Waals surface area contributed by atoms with Crippen molar-refractivity contribution in [3.05, 3.63) is 30.4 Å². The highest BCUT2D eigenvalue weighted by atomic mass is 16.5. The lowest BCUT2D eigenvalue weighted by molar-refractivity contribution is -0.132. The van der Waals surface area contributed by atoms with Crippen molar-refractivity contribution in [3.63, 3.8) is 0 Å². The number of pyridine rings is 1. The van der Waals surface area contributed by atoms with E-state index in [4.69, 9.17) is 4.52 Å². The van der Waals surface area contributed by atoms with Crippen LogP contribution in [0.5, 0.6) is 0 Å². The van der Waals surface area contributed by atoms with Gasteiger partial charge in [-0.3, -0.25) is 15.2 Å². The van der Waals surface area contributed by atoms with E-state index in [1.165, 1.54) is 0 Å². The summed E-state index contributed by atoms with van der Waals surface area (Å²) in [5, 5.41) is 3.94. The number of rotatable bonds is 6. The minimum Gasteiger partial charge on any atom is -0.337 e. The van der Waals surface area contributed by atoms with Crippen molar-refractivity contribution in [2.24, 2.45) is 0 Å². The summed E-state index contributed by atoms with van der Waals surface area (Å²) in [6.45, 7) is 2.42. The molecule has 128 valence electrons. The summed E-state index contributed by atoms with van der Waals surface area (Å²) < 4.78 is 5.24. The molecule has 1 aliphatic rings. The number of hydrogen-bond acceptors (Lipinski definition) is 7. The minimum absolute atomic E-state index is 0.0160. The van der Waals surface area contributed by atoms with Crippen LogP contribution in [0.2, 0.25) is 0 Å². The summed E-state index contributed by atoms with van der Waals surface area (Å²) in [7, 11) is 1.74. The van der Waals surface area contributed by atoms with E-state index in [2.05, 4.69) is 32.9 Å². The molecule has 0 bridgehead atoms. The molecule has 1 fully saturated rings. The van der Waals surface area contributed by atoms with E-state index in [-0.39, 0.29) is 18.5 Å². The van der Waals surface area contributed by atoms with Gasteiger partial charge in [-0.25, -0.2) is 5.43 Å². The highest BCUT2D eigenvalue weighted by Gasteiger charge is 2.31. The first kappa shape index (κ1) is 16.5. The highest BCUT2D eigenvalue weighted by Crippen LogP contribution is 2.16. The molecule has 3 heterocycles. The Morgan fingerprint density at radius 1 is 1.46 bits per heavy atom. The Morgan fingerprint density at radius 2 is 2.33 bits per heavy atom. The largest absolute Gasteiger partial charge is 0.337 e. The molecule has 2 aromatic heterocycles. The van der Waals surface area contributed by atoms with Gasteiger partial charge in [-0.15, -0.1) is 0 Å². The molecule has 1 aliphatic heterocycles. The quantitative estimate of drug-likeness (QED) is 0.819. The Kier molecular flexibility index (Phi) is 5.17. The number of aromatic nitrogens is 3. The molecule has 3 rings (SSSR count). The molecule has 24 heavy (non-hydrogen) atoms. The Bertz CT molecular complexity index is 674. The third-order valence-electron chi connectivity index (χ3n) is 4.05. The zero-order valence-electron chi connectivity index (χ0n) is 13.9. The minimum atomic E-state index is -0.215. The first-order valence-electron chi connectivity index (χ1n) is 8.16. The van der Waals surface area contributed by atoms with Crippen LogP contribution in [0.4, 0.5) is 0 Å². The van der Waals surface area contributed by atoms with Crippen LogP contribution in [0.25, 0.3) is 11.4 Å². The predicted octanol–water partition coefficient (Wildman–Crippen LogP) is 1.13. The number of hydrazine groups is 1. The molecule has 1 saturated heterocycles. The van der Waals surface area contributed by atoms with Crippen molar-refractivity contribution in [1.82, 2.24) is 30.9 Å². The molecular formula is C16H22N6O2. The first-order valence-corrected chi connectivity index (χ1v) is 8.16. The van der Waals surface area contributed by atoms with Gasteiger partial charge >= 0.3 is 0 Å². The van der Waals surface area contributed by atoms with E-state index in [1.807, 2.05) is 12.1 Å². The fraction of sp³-hybridized carbons (Fsp3) is 0.500. The lowest BCUT2D eigenvalue weighted by Crippen LogP contribution is -2.44. The average molecular weight is 330 g/mol. The Morgan fingerprint density at radius 3 is 3.08 bits per heavy atom. The molecule has 1 amide bonds. The van der Waals surface area contributed by atoms with Gasteiger partial charge < -0.3 is 9.42 Å². The maximum atomic E-state index is 12.5. The van der Waals surface area contributed by atoms with Gasteiger partial charge in [-0.2, -0.15) is 4.98 Å². The number of carbonyl (C=O) groups excluding carboxylic acids is 1. The normalized spacial score (nSPS) is 20.2. The number of nitrogens with zero attached hydrogens (tertiary/aromatic N) is 4. The topological polar surface area (TPSA) is 96.2 Å². The summed E-state index contributed by atoms with van der Waals surface area (Å²) >= 11 is 0. The first-order chi connectivity index (χ1) is 11.7. The third kappa shape index (κ3) is 3.77. The van der Waals surface area contributed by atoms with Gasteiger partial charge in [0, 0.05) is 31.0 Å². The van der Waals surface area contributed by atoms with Crippen LogP contribution >= 0.6 is 0 Å². The lowest BCUT2D eigenvalue weighted by atomic mass is 10.1. The zero-order valence-corrected chi connectivity index (χ0v) is 13.9. The number of likely N-dealkylation sites (N-methyl/N-ethyl adjacent to an activating group) is 1. The number of nitrogens with one attached hydrogen (secondary N) is 2. The molecule has 2 atom stereocenters. The predicted molar refractivity (Wildman–Crippen MR) is 87.4 cm³/mol. The molecule has 2 unspecified atom stereocenters. The summed E-state index contributed by atoms with van der Waals surface area (Å²) in [6, 6.07) is 3.80. The Labute approximate surface area is 140 Å². The van der Waals surface area contributed by atoms with Crippen LogP contribution < -0.4 is 10.9 Å². The third-order valence-corrected chi connectivity index (χ3v) is 4.05. The molecule has 0 spiro atoms. The second-order valence-corrected chi connectivity index (χ2v) is 6.01. The van der Waals surface area contributed by atoms with E-state index in [1.54, 1.807) is 24.3 Å². The van der Waals surface area contributed by atoms with Gasteiger partial charge in [0.25, 0.3) is 0 Å². The molecule has 0 radical (unpaired) electrons. The van der Waals surface area contributed by atoms with E-state index in [9.17, 15) is 4.79 Å². The standard InChI is InChI=1S/C16H22N6O2/c1-3-5-12-8-13(20-19-12)16(23)22(2)10-14-18-15(21-24-14)11-6-4-7-17-9-11/h4,6-7,9,12-13,19-20H,3,5,8,10H2,1-2H3. The zero-order chi connectivity index (χ0) is 16.9. The van der Waals surface area contributed by atoms with Gasteiger partial charge in [0.2, 0.25) is 17.6 Å². The molecule has 8 heteroatoms. The SMILES string of the molecule is CCCC1CC(C(=O)N(C)Cc2nc(-c3cccnc3)no2)NN1. The Balaban J connectivity index is 1.58. The molecule has 2 aromatic rings. The summed E-state index contributed by atoms with van der Waals surface area (Å²) in [6.07, 6.45) is 6.30. The van der Waals surface area contributed by atoms with Gasteiger partial charge in [0.05, 0.1) is 6.54 Å². The van der Waals surface area contributed by atoms with Gasteiger partial charge in [-0.05, 0) is 25.0 Å². The maximum absolute atomic E-state index is 12.5. The number of amides is 1.